The maximum absolute atomic E-state index is 13.1. The van der Waals surface area contributed by atoms with Gasteiger partial charge in [0, 0.05) is 18.8 Å². The zero-order valence-corrected chi connectivity index (χ0v) is 14.8. The molecule has 2 amide bonds. The molecule has 3 heterocycles. The van der Waals surface area contributed by atoms with E-state index >= 15 is 0 Å². The van der Waals surface area contributed by atoms with Gasteiger partial charge in [0.05, 0.1) is 5.56 Å². The van der Waals surface area contributed by atoms with Crippen molar-refractivity contribution in [2.75, 3.05) is 13.1 Å². The zero-order chi connectivity index (χ0) is 17.4. The third-order valence-electron chi connectivity index (χ3n) is 5.51. The molecule has 1 spiro atoms. The minimum absolute atomic E-state index is 0.0564. The van der Waals surface area contributed by atoms with Gasteiger partial charge in [0.2, 0.25) is 5.91 Å². The summed E-state index contributed by atoms with van der Waals surface area (Å²) in [6.07, 6.45) is 4.80. The summed E-state index contributed by atoms with van der Waals surface area (Å²) in [4.78, 5) is 29.4. The van der Waals surface area contributed by atoms with Crippen molar-refractivity contribution < 1.29 is 9.59 Å². The molecule has 2 aliphatic rings. The number of nitrogens with zero attached hydrogens (tertiary/aromatic N) is 1. The summed E-state index contributed by atoms with van der Waals surface area (Å²) in [5.74, 6) is -0.583. The fourth-order valence-corrected chi connectivity index (χ4v) is 4.61. The van der Waals surface area contributed by atoms with Gasteiger partial charge in [-0.3, -0.25) is 9.59 Å². The third kappa shape index (κ3) is 3.09. The van der Waals surface area contributed by atoms with E-state index in [0.717, 1.165) is 37.9 Å². The summed E-state index contributed by atoms with van der Waals surface area (Å²) < 4.78 is 0. The topological polar surface area (TPSA) is 91.2 Å². The van der Waals surface area contributed by atoms with Gasteiger partial charge in [-0.25, -0.2) is 0 Å². The van der Waals surface area contributed by atoms with E-state index in [4.69, 9.17) is 5.73 Å². The lowest BCUT2D eigenvalue weighted by Gasteiger charge is -2.29. The van der Waals surface area contributed by atoms with Gasteiger partial charge in [0.15, 0.2) is 0 Å². The first-order valence-electron chi connectivity index (χ1n) is 8.60. The fourth-order valence-electron chi connectivity index (χ4n) is 3.95. The smallest absolute Gasteiger partial charge is 0.270 e. The maximum Gasteiger partial charge on any atom is 0.270 e. The number of hydrogen-bond acceptors (Lipinski definition) is 4. The quantitative estimate of drug-likeness (QED) is 0.763. The molecule has 2 aromatic rings. The van der Waals surface area contributed by atoms with Crippen molar-refractivity contribution in [3.8, 4) is 0 Å². The molecule has 1 saturated carbocycles. The molecule has 0 radical (unpaired) electrons. The van der Waals surface area contributed by atoms with Crippen LogP contribution in [0.2, 0.25) is 0 Å². The highest BCUT2D eigenvalue weighted by Crippen LogP contribution is 2.56. The van der Waals surface area contributed by atoms with Gasteiger partial charge in [0.25, 0.3) is 5.91 Å². The van der Waals surface area contributed by atoms with Crippen molar-refractivity contribution in [1.29, 1.82) is 0 Å². The summed E-state index contributed by atoms with van der Waals surface area (Å²) in [5, 5.41) is 7.52. The van der Waals surface area contributed by atoms with Gasteiger partial charge >= 0.3 is 0 Å². The summed E-state index contributed by atoms with van der Waals surface area (Å²) in [7, 11) is 0. The van der Waals surface area contributed by atoms with E-state index in [-0.39, 0.29) is 17.4 Å². The number of nitrogens with one attached hydrogen (secondary N) is 2. The first-order chi connectivity index (χ1) is 12.1. The molecule has 1 saturated heterocycles. The first-order valence-corrected chi connectivity index (χ1v) is 9.54. The summed E-state index contributed by atoms with van der Waals surface area (Å²) in [5.41, 5.74) is 7.49. The number of thiophene rings is 1. The molecule has 1 aliphatic carbocycles. The number of aromatic nitrogens is 1. The van der Waals surface area contributed by atoms with Gasteiger partial charge < -0.3 is 20.9 Å². The molecule has 7 heteroatoms. The Bertz CT molecular complexity index is 777. The molecular formula is C18H22N4O2S. The highest BCUT2D eigenvalue weighted by atomic mass is 32.1. The molecular weight excluding hydrogens is 336 g/mol. The fraction of sp³-hybridized carbons (Fsp3) is 0.444. The van der Waals surface area contributed by atoms with Gasteiger partial charge in [-0.15, -0.1) is 0 Å². The highest BCUT2D eigenvalue weighted by Gasteiger charge is 2.57. The van der Waals surface area contributed by atoms with Crippen LogP contribution in [0.3, 0.4) is 0 Å². The number of H-pyrrole nitrogens is 1. The summed E-state index contributed by atoms with van der Waals surface area (Å²) >= 11 is 1.64. The second-order valence-electron chi connectivity index (χ2n) is 7.06. The van der Waals surface area contributed by atoms with Crippen molar-refractivity contribution in [1.82, 2.24) is 15.2 Å². The number of aromatic amines is 1. The number of carbonyl (C=O) groups is 2. The van der Waals surface area contributed by atoms with Gasteiger partial charge in [-0.1, -0.05) is 0 Å². The Labute approximate surface area is 150 Å². The minimum atomic E-state index is -0.527. The Morgan fingerprint density at radius 3 is 2.80 bits per heavy atom. The van der Waals surface area contributed by atoms with E-state index in [9.17, 15) is 9.59 Å². The summed E-state index contributed by atoms with van der Waals surface area (Å²) in [6, 6.07) is 3.89. The highest BCUT2D eigenvalue weighted by molar-refractivity contribution is 7.07. The van der Waals surface area contributed by atoms with Crippen LogP contribution in [0.25, 0.3) is 0 Å². The number of primary amides is 1. The SMILES string of the molecule is NC(=O)c1c[nH]c(C(=O)N(Cc2ccsc2)[C@@H]2CC23CCNCC3)c1. The lowest BCUT2D eigenvalue weighted by molar-refractivity contribution is 0.0687. The molecule has 0 aromatic carbocycles. The second kappa shape index (κ2) is 6.31. The molecule has 0 bridgehead atoms. The Morgan fingerprint density at radius 2 is 2.16 bits per heavy atom. The molecule has 132 valence electrons. The van der Waals surface area contributed by atoms with Gasteiger partial charge in [-0.2, -0.15) is 11.3 Å². The number of carbonyl (C=O) groups excluding carboxylic acids is 2. The molecule has 4 rings (SSSR count). The third-order valence-corrected chi connectivity index (χ3v) is 6.25. The van der Waals surface area contributed by atoms with E-state index in [1.807, 2.05) is 10.3 Å². The predicted molar refractivity (Wildman–Crippen MR) is 96.4 cm³/mol. The number of rotatable bonds is 5. The Kier molecular flexibility index (Phi) is 4.13. The van der Waals surface area contributed by atoms with Crippen molar-refractivity contribution >= 4 is 23.2 Å². The van der Waals surface area contributed by atoms with Crippen molar-refractivity contribution in [3.05, 3.63) is 45.9 Å². The minimum Gasteiger partial charge on any atom is -0.366 e. The molecule has 25 heavy (non-hydrogen) atoms. The standard InChI is InChI=1S/C18H22N4O2S/c19-16(23)13-7-14(21-9-13)17(24)22(10-12-1-6-25-11-12)15-8-18(15)2-4-20-5-3-18/h1,6-7,9,11,15,20-21H,2-5,8,10H2,(H2,19,23)/t15-/m1/s1. The Hall–Kier alpha value is -2.12. The average molecular weight is 358 g/mol. The van der Waals surface area contributed by atoms with Crippen molar-refractivity contribution in [2.24, 2.45) is 11.1 Å². The van der Waals surface area contributed by atoms with Crippen LogP contribution < -0.4 is 11.1 Å². The molecule has 0 unspecified atom stereocenters. The lowest BCUT2D eigenvalue weighted by atomic mass is 9.93. The second-order valence-corrected chi connectivity index (χ2v) is 7.84. The van der Waals surface area contributed by atoms with Crippen molar-refractivity contribution in [3.63, 3.8) is 0 Å². The van der Waals surface area contributed by atoms with Crippen LogP contribution in [0.4, 0.5) is 0 Å². The van der Waals surface area contributed by atoms with Crippen LogP contribution in [0, 0.1) is 5.41 Å². The Morgan fingerprint density at radius 1 is 1.36 bits per heavy atom. The number of nitrogens with two attached hydrogens (primary N) is 1. The van der Waals surface area contributed by atoms with Gasteiger partial charge in [0.1, 0.15) is 5.69 Å². The monoisotopic (exact) mass is 358 g/mol. The zero-order valence-electron chi connectivity index (χ0n) is 14.0. The predicted octanol–water partition coefficient (Wildman–Crippen LogP) is 1.96. The molecule has 4 N–H and O–H groups in total. The van der Waals surface area contributed by atoms with Crippen LogP contribution in [-0.4, -0.2) is 40.8 Å². The van der Waals surface area contributed by atoms with E-state index < -0.39 is 5.91 Å². The van der Waals surface area contributed by atoms with Crippen LogP contribution in [0.1, 0.15) is 45.7 Å². The van der Waals surface area contributed by atoms with Crippen LogP contribution in [0.5, 0.6) is 0 Å². The maximum atomic E-state index is 13.1. The van der Waals surface area contributed by atoms with Crippen LogP contribution in [0.15, 0.2) is 29.1 Å². The van der Waals surface area contributed by atoms with Crippen molar-refractivity contribution in [2.45, 2.75) is 31.8 Å². The van der Waals surface area contributed by atoms with Crippen LogP contribution in [-0.2, 0) is 6.54 Å². The van der Waals surface area contributed by atoms with E-state index in [1.54, 1.807) is 17.4 Å². The number of hydrogen-bond donors (Lipinski definition) is 3. The molecule has 1 atom stereocenters. The first kappa shape index (κ1) is 16.4. The Balaban J connectivity index is 1.58. The molecule has 2 aromatic heterocycles. The van der Waals surface area contributed by atoms with E-state index in [0.29, 0.717) is 17.8 Å². The number of piperidine rings is 1. The van der Waals surface area contributed by atoms with E-state index in [2.05, 4.69) is 21.7 Å². The average Bonchev–Trinajstić information content (AvgIpc) is 3.06. The summed E-state index contributed by atoms with van der Waals surface area (Å²) in [6.45, 7) is 2.64. The normalized spacial score (nSPS) is 21.2. The molecule has 2 fully saturated rings. The number of amides is 2. The lowest BCUT2D eigenvalue weighted by Crippen LogP contribution is -2.39. The largest absolute Gasteiger partial charge is 0.366 e. The van der Waals surface area contributed by atoms with E-state index in [1.165, 1.54) is 6.20 Å². The van der Waals surface area contributed by atoms with Gasteiger partial charge in [-0.05, 0) is 66.2 Å². The van der Waals surface area contributed by atoms with Crippen LogP contribution >= 0.6 is 11.3 Å². The molecule has 1 aliphatic heterocycles. The molecule has 6 nitrogen and oxygen atoms in total.